The van der Waals surface area contributed by atoms with Crippen LogP contribution < -0.4 is 10.1 Å². The summed E-state index contributed by atoms with van der Waals surface area (Å²) in [6, 6.07) is 10.8. The summed E-state index contributed by atoms with van der Waals surface area (Å²) in [5.74, 6) is 0.705. The summed E-state index contributed by atoms with van der Waals surface area (Å²) >= 11 is 6.22. The van der Waals surface area contributed by atoms with E-state index in [9.17, 15) is 9.59 Å². The van der Waals surface area contributed by atoms with Crippen molar-refractivity contribution in [2.24, 2.45) is 0 Å². The molecule has 152 valence electrons. The van der Waals surface area contributed by atoms with Crippen molar-refractivity contribution in [2.75, 3.05) is 6.79 Å². The zero-order valence-electron chi connectivity index (χ0n) is 16.6. The van der Waals surface area contributed by atoms with Gasteiger partial charge >= 0.3 is 6.03 Å². The Morgan fingerprint density at radius 1 is 1.21 bits per heavy atom. The van der Waals surface area contributed by atoms with Crippen molar-refractivity contribution in [3.05, 3.63) is 63.7 Å². The normalized spacial score (nSPS) is 21.2. The van der Waals surface area contributed by atoms with Crippen molar-refractivity contribution < 1.29 is 19.1 Å². The van der Waals surface area contributed by atoms with E-state index in [-0.39, 0.29) is 19.2 Å². The van der Waals surface area contributed by atoms with Crippen molar-refractivity contribution in [3.63, 3.8) is 0 Å². The number of ether oxygens (including phenoxy) is 2. The number of halogens is 1. The maximum atomic E-state index is 13.3. The summed E-state index contributed by atoms with van der Waals surface area (Å²) in [6.45, 7) is 6.53. The molecule has 4 rings (SSSR count). The molecule has 0 bridgehead atoms. The molecule has 2 aromatic carbocycles. The van der Waals surface area contributed by atoms with Gasteiger partial charge in [0.05, 0.1) is 13.2 Å². The van der Waals surface area contributed by atoms with Gasteiger partial charge in [-0.1, -0.05) is 49.7 Å². The lowest BCUT2D eigenvalue weighted by Crippen LogP contribution is -2.40. The molecule has 2 heterocycles. The van der Waals surface area contributed by atoms with Crippen molar-refractivity contribution >= 4 is 23.5 Å². The number of imide groups is 1. The van der Waals surface area contributed by atoms with E-state index in [0.717, 1.165) is 11.1 Å². The van der Waals surface area contributed by atoms with Gasteiger partial charge in [-0.3, -0.25) is 9.69 Å². The lowest BCUT2D eigenvalue weighted by molar-refractivity contribution is -0.131. The maximum Gasteiger partial charge on any atom is 0.325 e. The molecule has 2 aliphatic rings. The molecule has 2 aliphatic heterocycles. The molecule has 0 aliphatic carbocycles. The number of hydrogen-bond acceptors (Lipinski definition) is 4. The number of rotatable bonds is 4. The van der Waals surface area contributed by atoms with Gasteiger partial charge in [0, 0.05) is 16.1 Å². The molecule has 1 atom stereocenters. The number of urea groups is 1. The molecule has 0 spiro atoms. The minimum absolute atomic E-state index is 0.0766. The predicted molar refractivity (Wildman–Crippen MR) is 109 cm³/mol. The summed E-state index contributed by atoms with van der Waals surface area (Å²) < 4.78 is 10.9. The van der Waals surface area contributed by atoms with Crippen molar-refractivity contribution in [1.29, 1.82) is 0 Å². The number of carbonyl (C=O) groups excluding carboxylic acids is 2. The summed E-state index contributed by atoms with van der Waals surface area (Å²) in [7, 11) is 0. The molecular weight excluding hydrogens is 392 g/mol. The number of fused-ring (bicyclic) bond motifs is 1. The van der Waals surface area contributed by atoms with Crippen LogP contribution in [-0.4, -0.2) is 23.6 Å². The predicted octanol–water partition coefficient (Wildman–Crippen LogP) is 4.30. The molecule has 6 nitrogen and oxygen atoms in total. The van der Waals surface area contributed by atoms with Crippen LogP contribution in [0, 0.1) is 0 Å². The van der Waals surface area contributed by atoms with E-state index in [1.807, 2.05) is 24.3 Å². The van der Waals surface area contributed by atoms with Gasteiger partial charge < -0.3 is 14.8 Å². The average Bonchev–Trinajstić information content (AvgIpc) is 2.92. The number of hydrogen-bond donors (Lipinski definition) is 1. The third-order valence-electron chi connectivity index (χ3n) is 5.51. The summed E-state index contributed by atoms with van der Waals surface area (Å²) in [5, 5.41) is 3.36. The smallest absolute Gasteiger partial charge is 0.325 e. The van der Waals surface area contributed by atoms with Crippen molar-refractivity contribution in [1.82, 2.24) is 10.2 Å². The lowest BCUT2D eigenvalue weighted by Gasteiger charge is -2.24. The minimum Gasteiger partial charge on any atom is -0.467 e. The highest BCUT2D eigenvalue weighted by molar-refractivity contribution is 6.30. The first kappa shape index (κ1) is 19.7. The zero-order valence-corrected chi connectivity index (χ0v) is 17.4. The van der Waals surface area contributed by atoms with E-state index in [4.69, 9.17) is 21.1 Å². The third kappa shape index (κ3) is 3.47. The molecule has 1 saturated heterocycles. The molecule has 0 radical (unpaired) electrons. The zero-order chi connectivity index (χ0) is 20.8. The highest BCUT2D eigenvalue weighted by atomic mass is 35.5. The quantitative estimate of drug-likeness (QED) is 0.757. The standard InChI is InChI=1S/C22H23ClN2O4/c1-13(2)14-4-6-17(7-5-14)22(3)20(26)25(21(27)24-22)10-15-8-18(23)9-16-11-28-12-29-19(15)16/h4-9,13H,10-12H2,1-3H3,(H,24,27)/t22-/m0/s1. The van der Waals surface area contributed by atoms with E-state index in [1.54, 1.807) is 19.1 Å². The second-order valence-electron chi connectivity index (χ2n) is 7.89. The van der Waals surface area contributed by atoms with Crippen LogP contribution in [0.15, 0.2) is 36.4 Å². The summed E-state index contributed by atoms with van der Waals surface area (Å²) in [6.07, 6.45) is 0. The molecule has 0 saturated carbocycles. The lowest BCUT2D eigenvalue weighted by atomic mass is 9.90. The minimum atomic E-state index is -1.12. The number of nitrogens with one attached hydrogen (secondary N) is 1. The number of carbonyl (C=O) groups is 2. The fourth-order valence-corrected chi connectivity index (χ4v) is 4.05. The molecule has 2 aromatic rings. The Morgan fingerprint density at radius 3 is 2.62 bits per heavy atom. The van der Waals surface area contributed by atoms with Crippen LogP contribution in [0.2, 0.25) is 5.02 Å². The molecule has 0 aromatic heterocycles. The first-order chi connectivity index (χ1) is 13.8. The fourth-order valence-electron chi connectivity index (χ4n) is 3.78. The van der Waals surface area contributed by atoms with Gasteiger partial charge in [-0.2, -0.15) is 0 Å². The maximum absolute atomic E-state index is 13.3. The Balaban J connectivity index is 1.63. The summed E-state index contributed by atoms with van der Waals surface area (Å²) in [5.41, 5.74) is 2.29. The second-order valence-corrected chi connectivity index (χ2v) is 8.32. The van der Waals surface area contributed by atoms with Crippen LogP contribution in [0.5, 0.6) is 5.75 Å². The first-order valence-electron chi connectivity index (χ1n) is 9.56. The van der Waals surface area contributed by atoms with Gasteiger partial charge in [0.15, 0.2) is 6.79 Å². The van der Waals surface area contributed by atoms with E-state index in [2.05, 4.69) is 19.2 Å². The number of nitrogens with zero attached hydrogens (tertiary/aromatic N) is 1. The molecule has 1 N–H and O–H groups in total. The van der Waals surface area contributed by atoms with Crippen LogP contribution in [-0.2, 0) is 28.2 Å². The Hall–Kier alpha value is -2.57. The number of benzene rings is 2. The van der Waals surface area contributed by atoms with Crippen LogP contribution in [0.4, 0.5) is 4.79 Å². The average molecular weight is 415 g/mol. The first-order valence-corrected chi connectivity index (χ1v) is 9.94. The van der Waals surface area contributed by atoms with Crippen LogP contribution in [0.3, 0.4) is 0 Å². The Morgan fingerprint density at radius 2 is 1.93 bits per heavy atom. The van der Waals surface area contributed by atoms with Gasteiger partial charge in [0.25, 0.3) is 5.91 Å². The molecule has 1 fully saturated rings. The highest BCUT2D eigenvalue weighted by Gasteiger charge is 2.49. The number of amides is 3. The molecule has 0 unspecified atom stereocenters. The Bertz CT molecular complexity index is 974. The van der Waals surface area contributed by atoms with Crippen LogP contribution in [0.1, 0.15) is 48.9 Å². The van der Waals surface area contributed by atoms with E-state index in [1.165, 1.54) is 10.5 Å². The van der Waals surface area contributed by atoms with E-state index in [0.29, 0.717) is 28.9 Å². The SMILES string of the molecule is CC(C)c1ccc([C@]2(C)NC(=O)N(Cc3cc(Cl)cc4c3OCOC4)C2=O)cc1. The van der Waals surface area contributed by atoms with Crippen LogP contribution in [0.25, 0.3) is 0 Å². The monoisotopic (exact) mass is 414 g/mol. The van der Waals surface area contributed by atoms with Gasteiger partial charge in [-0.25, -0.2) is 4.79 Å². The Kier molecular flexibility index (Phi) is 5.00. The Labute approximate surface area is 174 Å². The molecule has 29 heavy (non-hydrogen) atoms. The van der Waals surface area contributed by atoms with Gasteiger partial charge in [-0.05, 0) is 36.1 Å². The van der Waals surface area contributed by atoms with Crippen LogP contribution >= 0.6 is 11.6 Å². The molecule has 3 amide bonds. The van der Waals surface area contributed by atoms with Gasteiger partial charge in [0.1, 0.15) is 11.3 Å². The third-order valence-corrected chi connectivity index (χ3v) is 5.73. The highest BCUT2D eigenvalue weighted by Crippen LogP contribution is 2.35. The van der Waals surface area contributed by atoms with E-state index < -0.39 is 11.6 Å². The molecule has 7 heteroatoms. The van der Waals surface area contributed by atoms with E-state index >= 15 is 0 Å². The van der Waals surface area contributed by atoms with Crippen molar-refractivity contribution in [2.45, 2.75) is 45.4 Å². The van der Waals surface area contributed by atoms with Crippen molar-refractivity contribution in [3.8, 4) is 5.75 Å². The fraction of sp³-hybridized carbons (Fsp3) is 0.364. The summed E-state index contributed by atoms with van der Waals surface area (Å²) in [4.78, 5) is 27.2. The van der Waals surface area contributed by atoms with Gasteiger partial charge in [0.2, 0.25) is 0 Å². The molecular formula is C22H23ClN2O4. The largest absolute Gasteiger partial charge is 0.467 e. The second kappa shape index (κ2) is 7.35. The topological polar surface area (TPSA) is 67.9 Å². The van der Waals surface area contributed by atoms with Gasteiger partial charge in [-0.15, -0.1) is 0 Å².